The third-order valence-corrected chi connectivity index (χ3v) is 5.94. The first-order valence-electron chi connectivity index (χ1n) is 9.67. The van der Waals surface area contributed by atoms with Crippen LogP contribution in [0.3, 0.4) is 0 Å². The number of ether oxygens (including phenoxy) is 1. The summed E-state index contributed by atoms with van der Waals surface area (Å²) in [4.78, 5) is 47.4. The first-order valence-corrected chi connectivity index (χ1v) is 10.5. The number of nitrogens with one attached hydrogen (secondary N) is 1. The van der Waals surface area contributed by atoms with Crippen LogP contribution in [0.2, 0.25) is 0 Å². The van der Waals surface area contributed by atoms with Gasteiger partial charge in [0.05, 0.1) is 36.5 Å². The van der Waals surface area contributed by atoms with Crippen LogP contribution >= 0.6 is 11.3 Å². The smallest absolute Gasteiger partial charge is 0.339 e. The molecular formula is C22H20N4O4S. The third kappa shape index (κ3) is 4.46. The zero-order valence-electron chi connectivity index (χ0n) is 16.8. The van der Waals surface area contributed by atoms with Crippen molar-refractivity contribution in [3.05, 3.63) is 65.4 Å². The number of carbonyl (C=O) groups is 3. The van der Waals surface area contributed by atoms with Gasteiger partial charge < -0.3 is 15.0 Å². The molecule has 0 aliphatic carbocycles. The van der Waals surface area contributed by atoms with Gasteiger partial charge in [0.2, 0.25) is 11.8 Å². The summed E-state index contributed by atoms with van der Waals surface area (Å²) in [7, 11) is 1.29. The number of hydrogen-bond acceptors (Lipinski definition) is 7. The lowest BCUT2D eigenvalue weighted by atomic mass is 10.1. The number of nitrogens with zero attached hydrogens (tertiary/aromatic N) is 3. The molecular weight excluding hydrogens is 416 g/mol. The molecule has 1 unspecified atom stereocenters. The number of hydrogen-bond donors (Lipinski definition) is 1. The lowest BCUT2D eigenvalue weighted by Gasteiger charge is -2.19. The highest BCUT2D eigenvalue weighted by atomic mass is 32.1. The summed E-state index contributed by atoms with van der Waals surface area (Å²) in [5.41, 5.74) is 2.42. The molecule has 2 aromatic heterocycles. The third-order valence-electron chi connectivity index (χ3n) is 5.00. The van der Waals surface area contributed by atoms with E-state index >= 15 is 0 Å². The van der Waals surface area contributed by atoms with Crippen molar-refractivity contribution in [1.29, 1.82) is 0 Å². The Morgan fingerprint density at radius 3 is 2.87 bits per heavy atom. The highest BCUT2D eigenvalue weighted by Gasteiger charge is 2.36. The van der Waals surface area contributed by atoms with Crippen LogP contribution < -0.4 is 10.2 Å². The Kier molecular flexibility index (Phi) is 6.03. The first-order chi connectivity index (χ1) is 15.1. The van der Waals surface area contributed by atoms with Gasteiger partial charge in [0, 0.05) is 36.3 Å². The van der Waals surface area contributed by atoms with Crippen molar-refractivity contribution in [1.82, 2.24) is 15.3 Å². The molecule has 0 radical (unpaired) electrons. The van der Waals surface area contributed by atoms with E-state index in [4.69, 9.17) is 4.74 Å². The average molecular weight is 436 g/mol. The van der Waals surface area contributed by atoms with E-state index in [0.29, 0.717) is 11.3 Å². The highest BCUT2D eigenvalue weighted by Crippen LogP contribution is 2.29. The second kappa shape index (κ2) is 9.05. The second-order valence-electron chi connectivity index (χ2n) is 7.02. The molecule has 8 nitrogen and oxygen atoms in total. The molecule has 9 heteroatoms. The molecule has 1 atom stereocenters. The second-order valence-corrected chi connectivity index (χ2v) is 7.88. The molecule has 158 valence electrons. The van der Waals surface area contributed by atoms with E-state index in [1.807, 2.05) is 17.5 Å². The van der Waals surface area contributed by atoms with Crippen molar-refractivity contribution in [2.75, 3.05) is 18.6 Å². The van der Waals surface area contributed by atoms with Gasteiger partial charge in [-0.1, -0.05) is 12.1 Å². The van der Waals surface area contributed by atoms with Crippen LogP contribution in [0.25, 0.3) is 10.6 Å². The van der Waals surface area contributed by atoms with Crippen LogP contribution in [0.1, 0.15) is 22.5 Å². The van der Waals surface area contributed by atoms with Crippen molar-refractivity contribution in [2.45, 2.75) is 13.0 Å². The maximum absolute atomic E-state index is 12.7. The van der Waals surface area contributed by atoms with Crippen molar-refractivity contribution < 1.29 is 19.1 Å². The molecule has 1 aromatic carbocycles. The van der Waals surface area contributed by atoms with Crippen LogP contribution in [-0.4, -0.2) is 41.4 Å². The van der Waals surface area contributed by atoms with E-state index in [0.717, 1.165) is 16.3 Å². The fourth-order valence-electron chi connectivity index (χ4n) is 3.44. The molecule has 0 saturated carbocycles. The molecule has 4 rings (SSSR count). The topological polar surface area (TPSA) is 101 Å². The number of para-hydroxylation sites is 1. The zero-order valence-corrected chi connectivity index (χ0v) is 17.6. The van der Waals surface area contributed by atoms with Gasteiger partial charge in [0.1, 0.15) is 5.01 Å². The summed E-state index contributed by atoms with van der Waals surface area (Å²) >= 11 is 1.48. The Morgan fingerprint density at radius 1 is 1.26 bits per heavy atom. The Labute approximate surface area is 182 Å². The fourth-order valence-corrected chi connectivity index (χ4v) is 4.25. The van der Waals surface area contributed by atoms with Crippen LogP contribution in [0.4, 0.5) is 5.69 Å². The van der Waals surface area contributed by atoms with E-state index in [2.05, 4.69) is 15.3 Å². The number of carbonyl (C=O) groups excluding carboxylic acids is 3. The number of methoxy groups -OCH3 is 1. The van der Waals surface area contributed by atoms with Gasteiger partial charge in [-0.05, 0) is 24.3 Å². The summed E-state index contributed by atoms with van der Waals surface area (Å²) in [6.45, 7) is 0.482. The first kappa shape index (κ1) is 20.7. The number of anilines is 1. The Hall–Kier alpha value is -3.59. The molecule has 0 spiro atoms. The molecule has 1 N–H and O–H groups in total. The Morgan fingerprint density at radius 2 is 2.10 bits per heavy atom. The molecule has 3 heterocycles. The van der Waals surface area contributed by atoms with E-state index in [9.17, 15) is 14.4 Å². The van der Waals surface area contributed by atoms with Gasteiger partial charge in [-0.2, -0.15) is 0 Å². The van der Waals surface area contributed by atoms with Gasteiger partial charge in [0.25, 0.3) is 0 Å². The summed E-state index contributed by atoms with van der Waals surface area (Å²) in [6, 6.07) is 10.5. The fraction of sp³-hybridized carbons (Fsp3) is 0.227. The summed E-state index contributed by atoms with van der Waals surface area (Å²) in [5.74, 6) is -1.45. The number of esters is 1. The van der Waals surface area contributed by atoms with Gasteiger partial charge in [-0.25, -0.2) is 9.78 Å². The van der Waals surface area contributed by atoms with Crippen LogP contribution in [-0.2, 0) is 20.9 Å². The quantitative estimate of drug-likeness (QED) is 0.596. The summed E-state index contributed by atoms with van der Waals surface area (Å²) in [6.07, 6.45) is 3.53. The average Bonchev–Trinajstić information content (AvgIpc) is 3.44. The summed E-state index contributed by atoms with van der Waals surface area (Å²) < 4.78 is 4.80. The lowest BCUT2D eigenvalue weighted by molar-refractivity contribution is -0.126. The van der Waals surface area contributed by atoms with E-state index in [1.165, 1.54) is 23.3 Å². The maximum atomic E-state index is 12.7. The molecule has 0 bridgehead atoms. The largest absolute Gasteiger partial charge is 0.465 e. The van der Waals surface area contributed by atoms with E-state index < -0.39 is 11.9 Å². The van der Waals surface area contributed by atoms with Crippen molar-refractivity contribution >= 4 is 34.8 Å². The number of pyridine rings is 1. The van der Waals surface area contributed by atoms with Crippen LogP contribution in [0.5, 0.6) is 0 Å². The SMILES string of the molecule is COC(=O)c1ccccc1N1CC(C(=O)NCc2csc(-c3cccnc3)n2)CC1=O. The normalized spacial score (nSPS) is 15.7. The number of rotatable bonds is 6. The van der Waals surface area contributed by atoms with Crippen LogP contribution in [0.15, 0.2) is 54.2 Å². The molecule has 1 aliphatic heterocycles. The summed E-state index contributed by atoms with van der Waals surface area (Å²) in [5, 5.41) is 5.59. The van der Waals surface area contributed by atoms with Gasteiger partial charge >= 0.3 is 5.97 Å². The lowest BCUT2D eigenvalue weighted by Crippen LogP contribution is -2.33. The van der Waals surface area contributed by atoms with Crippen LogP contribution in [0, 0.1) is 5.92 Å². The zero-order chi connectivity index (χ0) is 21.8. The van der Waals surface area contributed by atoms with Gasteiger partial charge in [-0.15, -0.1) is 11.3 Å². The maximum Gasteiger partial charge on any atom is 0.339 e. The molecule has 1 saturated heterocycles. The number of benzene rings is 1. The molecule has 3 aromatic rings. The number of amides is 2. The predicted molar refractivity (Wildman–Crippen MR) is 115 cm³/mol. The molecule has 2 amide bonds. The van der Waals surface area contributed by atoms with E-state index in [-0.39, 0.29) is 31.3 Å². The minimum Gasteiger partial charge on any atom is -0.465 e. The highest BCUT2D eigenvalue weighted by molar-refractivity contribution is 7.13. The molecule has 1 aliphatic rings. The molecule has 31 heavy (non-hydrogen) atoms. The van der Waals surface area contributed by atoms with Gasteiger partial charge in [0.15, 0.2) is 0 Å². The monoisotopic (exact) mass is 436 g/mol. The van der Waals surface area contributed by atoms with E-state index in [1.54, 1.807) is 36.7 Å². The minimum atomic E-state index is -0.524. The Bertz CT molecular complexity index is 1120. The minimum absolute atomic E-state index is 0.0827. The standard InChI is InChI=1S/C22H20N4O4S/c1-30-22(29)17-6-2-3-7-18(17)26-12-15(9-19(26)27)20(28)24-11-16-13-31-21(25-16)14-5-4-8-23-10-14/h2-8,10,13,15H,9,11-12H2,1H3,(H,24,28). The van der Waals surface area contributed by atoms with Crippen molar-refractivity contribution in [3.8, 4) is 10.6 Å². The number of thiazole rings is 1. The number of aromatic nitrogens is 2. The van der Waals surface area contributed by atoms with Gasteiger partial charge in [-0.3, -0.25) is 14.6 Å². The molecule has 1 fully saturated rings. The van der Waals surface area contributed by atoms with Crippen molar-refractivity contribution in [3.63, 3.8) is 0 Å². The predicted octanol–water partition coefficient (Wildman–Crippen LogP) is 2.66. The van der Waals surface area contributed by atoms with Crippen molar-refractivity contribution in [2.24, 2.45) is 5.92 Å². The Balaban J connectivity index is 1.39.